The van der Waals surface area contributed by atoms with Crippen LogP contribution >= 0.6 is 0 Å². The minimum atomic E-state index is -1.10. The number of carbonyl (C=O) groups is 3. The molecule has 1 saturated heterocycles. The summed E-state index contributed by atoms with van der Waals surface area (Å²) in [5, 5.41) is 4.46. The second-order valence-corrected chi connectivity index (χ2v) is 5.73. The molecule has 134 valence electrons. The number of hydrogen-bond acceptors (Lipinski definition) is 3. The molecule has 2 aromatic carbocycles. The van der Waals surface area contributed by atoms with Gasteiger partial charge in [0.15, 0.2) is 0 Å². The summed E-state index contributed by atoms with van der Waals surface area (Å²) in [7, 11) is 0. The van der Waals surface area contributed by atoms with Crippen molar-refractivity contribution in [3.05, 3.63) is 54.1 Å². The van der Waals surface area contributed by atoms with Gasteiger partial charge in [-0.05, 0) is 36.8 Å². The molecule has 8 heteroatoms. The minimum absolute atomic E-state index is 0.00185. The van der Waals surface area contributed by atoms with Crippen LogP contribution in [0.5, 0.6) is 0 Å². The maximum atomic E-state index is 13.5. The van der Waals surface area contributed by atoms with Gasteiger partial charge in [-0.25, -0.2) is 8.78 Å². The molecule has 0 aliphatic carbocycles. The van der Waals surface area contributed by atoms with Crippen molar-refractivity contribution in [2.24, 2.45) is 0 Å². The highest BCUT2D eigenvalue weighted by Crippen LogP contribution is 2.24. The highest BCUT2D eigenvalue weighted by Gasteiger charge is 2.22. The predicted molar refractivity (Wildman–Crippen MR) is 91.6 cm³/mol. The fourth-order valence-electron chi connectivity index (χ4n) is 2.63. The molecule has 2 aromatic rings. The molecule has 0 bridgehead atoms. The number of rotatable bonds is 3. The van der Waals surface area contributed by atoms with Crippen molar-refractivity contribution in [1.82, 2.24) is 0 Å². The first-order chi connectivity index (χ1) is 12.4. The fraction of sp³-hybridized carbons (Fsp3) is 0.167. The van der Waals surface area contributed by atoms with Crippen LogP contribution in [0.15, 0.2) is 42.5 Å². The van der Waals surface area contributed by atoms with E-state index >= 15 is 0 Å². The maximum Gasteiger partial charge on any atom is 0.314 e. The zero-order valence-corrected chi connectivity index (χ0v) is 13.6. The van der Waals surface area contributed by atoms with Gasteiger partial charge in [0.05, 0.1) is 5.69 Å². The molecule has 0 spiro atoms. The SMILES string of the molecule is O=C(Nc1cccc(N2CCCC2=O)c1)C(=O)Nc1ccc(F)cc1F. The Kier molecular flexibility index (Phi) is 4.92. The number of amides is 3. The smallest absolute Gasteiger partial charge is 0.314 e. The Bertz CT molecular complexity index is 886. The summed E-state index contributed by atoms with van der Waals surface area (Å²) in [6.45, 7) is 0.598. The van der Waals surface area contributed by atoms with Crippen molar-refractivity contribution in [2.75, 3.05) is 22.1 Å². The lowest BCUT2D eigenvalue weighted by atomic mass is 10.2. The first kappa shape index (κ1) is 17.5. The zero-order valence-electron chi connectivity index (χ0n) is 13.6. The Balaban J connectivity index is 1.67. The van der Waals surface area contributed by atoms with Gasteiger partial charge in [0, 0.05) is 30.4 Å². The molecule has 1 heterocycles. The van der Waals surface area contributed by atoms with Gasteiger partial charge in [0.1, 0.15) is 11.6 Å². The van der Waals surface area contributed by atoms with Crippen molar-refractivity contribution in [1.29, 1.82) is 0 Å². The molecule has 26 heavy (non-hydrogen) atoms. The van der Waals surface area contributed by atoms with Gasteiger partial charge in [-0.2, -0.15) is 0 Å². The van der Waals surface area contributed by atoms with Crippen LogP contribution < -0.4 is 15.5 Å². The minimum Gasteiger partial charge on any atom is -0.318 e. The summed E-state index contributed by atoms with van der Waals surface area (Å²) >= 11 is 0. The van der Waals surface area contributed by atoms with Crippen LogP contribution in [0.4, 0.5) is 25.8 Å². The Hall–Kier alpha value is -3.29. The maximum absolute atomic E-state index is 13.5. The van der Waals surface area contributed by atoms with E-state index < -0.39 is 23.4 Å². The lowest BCUT2D eigenvalue weighted by Gasteiger charge is -2.16. The van der Waals surface area contributed by atoms with Crippen molar-refractivity contribution < 1.29 is 23.2 Å². The van der Waals surface area contributed by atoms with Gasteiger partial charge in [-0.1, -0.05) is 6.07 Å². The van der Waals surface area contributed by atoms with Crippen LogP contribution in [0.3, 0.4) is 0 Å². The molecule has 3 rings (SSSR count). The summed E-state index contributed by atoms with van der Waals surface area (Å²) in [4.78, 5) is 37.3. The highest BCUT2D eigenvalue weighted by atomic mass is 19.1. The molecule has 3 amide bonds. The quantitative estimate of drug-likeness (QED) is 0.827. The number of anilines is 3. The molecule has 0 atom stereocenters. The van der Waals surface area contributed by atoms with E-state index in [-0.39, 0.29) is 11.6 Å². The van der Waals surface area contributed by atoms with Crippen molar-refractivity contribution >= 4 is 34.8 Å². The molecule has 0 aromatic heterocycles. The topological polar surface area (TPSA) is 78.5 Å². The molecule has 0 saturated carbocycles. The molecule has 1 fully saturated rings. The molecule has 1 aliphatic rings. The highest BCUT2D eigenvalue weighted by molar-refractivity contribution is 6.43. The van der Waals surface area contributed by atoms with E-state index in [1.165, 1.54) is 0 Å². The average Bonchev–Trinajstić information content (AvgIpc) is 3.03. The molecule has 2 N–H and O–H groups in total. The normalized spacial score (nSPS) is 13.6. The van der Waals surface area contributed by atoms with Crippen LogP contribution in [0.2, 0.25) is 0 Å². The molecule has 0 radical (unpaired) electrons. The van der Waals surface area contributed by atoms with E-state index in [0.717, 1.165) is 18.6 Å². The number of hydrogen-bond donors (Lipinski definition) is 2. The lowest BCUT2D eigenvalue weighted by Crippen LogP contribution is -2.29. The molecule has 1 aliphatic heterocycles. The van der Waals surface area contributed by atoms with Gasteiger partial charge in [0.25, 0.3) is 0 Å². The number of benzene rings is 2. The number of nitrogens with one attached hydrogen (secondary N) is 2. The zero-order chi connectivity index (χ0) is 18.7. The van der Waals surface area contributed by atoms with Crippen molar-refractivity contribution in [3.63, 3.8) is 0 Å². The number of halogens is 2. The molecule has 6 nitrogen and oxygen atoms in total. The summed E-state index contributed by atoms with van der Waals surface area (Å²) in [6, 6.07) is 9.11. The fourth-order valence-corrected chi connectivity index (χ4v) is 2.63. The van der Waals surface area contributed by atoms with Gasteiger partial charge in [-0.15, -0.1) is 0 Å². The van der Waals surface area contributed by atoms with Gasteiger partial charge < -0.3 is 15.5 Å². The largest absolute Gasteiger partial charge is 0.318 e. The van der Waals surface area contributed by atoms with Crippen molar-refractivity contribution in [3.8, 4) is 0 Å². The summed E-state index contributed by atoms with van der Waals surface area (Å²) in [5.41, 5.74) is 0.639. The van der Waals surface area contributed by atoms with E-state index in [2.05, 4.69) is 10.6 Å². The first-order valence-corrected chi connectivity index (χ1v) is 7.92. The van der Waals surface area contributed by atoms with E-state index in [1.54, 1.807) is 29.2 Å². The van der Waals surface area contributed by atoms with Gasteiger partial charge in [-0.3, -0.25) is 14.4 Å². The third-order valence-corrected chi connectivity index (χ3v) is 3.87. The van der Waals surface area contributed by atoms with E-state index in [0.29, 0.717) is 30.4 Å². The summed E-state index contributed by atoms with van der Waals surface area (Å²) < 4.78 is 26.4. The Labute approximate surface area is 147 Å². The number of carbonyl (C=O) groups excluding carboxylic acids is 3. The molecule has 0 unspecified atom stereocenters. The van der Waals surface area contributed by atoms with E-state index in [1.807, 2.05) is 0 Å². The van der Waals surface area contributed by atoms with E-state index in [9.17, 15) is 23.2 Å². The molecular formula is C18H15F2N3O3. The second kappa shape index (κ2) is 7.30. The summed E-state index contributed by atoms with van der Waals surface area (Å²) in [6.07, 6.45) is 1.24. The Morgan fingerprint density at radius 3 is 2.46 bits per heavy atom. The third-order valence-electron chi connectivity index (χ3n) is 3.87. The van der Waals surface area contributed by atoms with Crippen LogP contribution in [-0.2, 0) is 14.4 Å². The monoisotopic (exact) mass is 359 g/mol. The lowest BCUT2D eigenvalue weighted by molar-refractivity contribution is -0.133. The summed E-state index contributed by atoms with van der Waals surface area (Å²) in [5.74, 6) is -3.89. The Morgan fingerprint density at radius 1 is 1.00 bits per heavy atom. The Morgan fingerprint density at radius 2 is 1.77 bits per heavy atom. The second-order valence-electron chi connectivity index (χ2n) is 5.73. The average molecular weight is 359 g/mol. The van der Waals surface area contributed by atoms with Crippen LogP contribution in [0.1, 0.15) is 12.8 Å². The molecular weight excluding hydrogens is 344 g/mol. The standard InChI is InChI=1S/C18H15F2N3O3/c19-11-6-7-15(14(20)9-11)22-18(26)17(25)21-12-3-1-4-13(10-12)23-8-2-5-16(23)24/h1,3-4,6-7,9-10H,2,5,8H2,(H,21,25)(H,22,26). The third kappa shape index (κ3) is 3.85. The van der Waals surface area contributed by atoms with Crippen LogP contribution in [0.25, 0.3) is 0 Å². The van der Waals surface area contributed by atoms with Gasteiger partial charge >= 0.3 is 11.8 Å². The van der Waals surface area contributed by atoms with Crippen LogP contribution in [-0.4, -0.2) is 24.3 Å². The van der Waals surface area contributed by atoms with Gasteiger partial charge in [0.2, 0.25) is 5.91 Å². The van der Waals surface area contributed by atoms with Crippen LogP contribution in [0, 0.1) is 11.6 Å². The predicted octanol–water partition coefficient (Wildman–Crippen LogP) is 2.67. The van der Waals surface area contributed by atoms with Crippen molar-refractivity contribution in [2.45, 2.75) is 12.8 Å². The number of nitrogens with zero attached hydrogens (tertiary/aromatic N) is 1. The first-order valence-electron chi connectivity index (χ1n) is 7.92. The van der Waals surface area contributed by atoms with E-state index in [4.69, 9.17) is 0 Å².